The summed E-state index contributed by atoms with van der Waals surface area (Å²) in [4.78, 5) is 0. The zero-order chi connectivity index (χ0) is 17.5. The van der Waals surface area contributed by atoms with Gasteiger partial charge in [-0.05, 0) is 80.3 Å². The van der Waals surface area contributed by atoms with Gasteiger partial charge in [0.05, 0.1) is 0 Å². The summed E-state index contributed by atoms with van der Waals surface area (Å²) >= 11 is 5.95. The normalized spacial score (nSPS) is 20.2. The molecule has 0 aromatic heterocycles. The van der Waals surface area contributed by atoms with Crippen LogP contribution in [0.2, 0.25) is 5.02 Å². The average molecular weight is 349 g/mol. The first-order chi connectivity index (χ1) is 12.2. The highest BCUT2D eigenvalue weighted by Gasteiger charge is 2.18. The molecule has 0 amide bonds. The SMILES string of the molecule is C/C=C/CC1CCC(C#Cc2ccc(-c3ccc(Cl)cc3)cc2)CC1. The van der Waals surface area contributed by atoms with Gasteiger partial charge in [0.1, 0.15) is 0 Å². The highest BCUT2D eigenvalue weighted by molar-refractivity contribution is 6.30. The van der Waals surface area contributed by atoms with E-state index in [0.29, 0.717) is 5.92 Å². The molecule has 0 nitrogen and oxygen atoms in total. The maximum absolute atomic E-state index is 5.95. The van der Waals surface area contributed by atoms with Gasteiger partial charge in [-0.1, -0.05) is 59.9 Å². The minimum absolute atomic E-state index is 0.567. The van der Waals surface area contributed by atoms with Crippen LogP contribution in [0.4, 0.5) is 0 Å². The van der Waals surface area contributed by atoms with E-state index < -0.39 is 0 Å². The number of allylic oxidation sites excluding steroid dienone is 2. The molecule has 2 aromatic carbocycles. The smallest absolute Gasteiger partial charge is 0.0406 e. The van der Waals surface area contributed by atoms with Crippen molar-refractivity contribution in [2.75, 3.05) is 0 Å². The molecule has 0 heterocycles. The fraction of sp³-hybridized carbons (Fsp3) is 0.333. The first kappa shape index (κ1) is 17.8. The van der Waals surface area contributed by atoms with Crippen molar-refractivity contribution in [3.8, 4) is 23.0 Å². The van der Waals surface area contributed by atoms with E-state index >= 15 is 0 Å². The second-order valence-electron chi connectivity index (χ2n) is 6.88. The highest BCUT2D eigenvalue weighted by Crippen LogP contribution is 2.30. The lowest BCUT2D eigenvalue weighted by molar-refractivity contribution is 0.319. The van der Waals surface area contributed by atoms with Crippen LogP contribution in [0.25, 0.3) is 11.1 Å². The lowest BCUT2D eigenvalue weighted by atomic mass is 9.81. The summed E-state index contributed by atoms with van der Waals surface area (Å²) in [6.07, 6.45) is 10.8. The van der Waals surface area contributed by atoms with Crippen LogP contribution in [0.5, 0.6) is 0 Å². The topological polar surface area (TPSA) is 0 Å². The van der Waals surface area contributed by atoms with Gasteiger partial charge in [0.15, 0.2) is 0 Å². The zero-order valence-electron chi connectivity index (χ0n) is 14.8. The van der Waals surface area contributed by atoms with Crippen molar-refractivity contribution in [1.29, 1.82) is 0 Å². The number of benzene rings is 2. The van der Waals surface area contributed by atoms with Crippen molar-refractivity contribution >= 4 is 11.6 Å². The van der Waals surface area contributed by atoms with Gasteiger partial charge in [0.25, 0.3) is 0 Å². The third kappa shape index (κ3) is 5.25. The van der Waals surface area contributed by atoms with Crippen LogP contribution < -0.4 is 0 Å². The Balaban J connectivity index is 1.58. The highest BCUT2D eigenvalue weighted by atomic mass is 35.5. The van der Waals surface area contributed by atoms with E-state index in [2.05, 4.69) is 67.3 Å². The van der Waals surface area contributed by atoms with E-state index in [-0.39, 0.29) is 0 Å². The predicted molar refractivity (Wildman–Crippen MR) is 109 cm³/mol. The Morgan fingerprint density at radius 1 is 0.920 bits per heavy atom. The van der Waals surface area contributed by atoms with Crippen LogP contribution in [-0.2, 0) is 0 Å². The third-order valence-corrected chi connectivity index (χ3v) is 5.29. The molecule has 0 bridgehead atoms. The molecule has 1 saturated carbocycles. The summed E-state index contributed by atoms with van der Waals surface area (Å²) in [7, 11) is 0. The van der Waals surface area contributed by atoms with Crippen molar-refractivity contribution in [2.45, 2.75) is 39.0 Å². The van der Waals surface area contributed by atoms with Crippen LogP contribution in [-0.4, -0.2) is 0 Å². The van der Waals surface area contributed by atoms with E-state index in [1.54, 1.807) is 0 Å². The first-order valence-corrected chi connectivity index (χ1v) is 9.61. The van der Waals surface area contributed by atoms with Gasteiger partial charge in [0, 0.05) is 16.5 Å². The molecule has 2 aromatic rings. The minimum Gasteiger partial charge on any atom is -0.0945 e. The van der Waals surface area contributed by atoms with Gasteiger partial charge in [-0.15, -0.1) is 0 Å². The molecule has 128 valence electrons. The Morgan fingerprint density at radius 3 is 2.12 bits per heavy atom. The summed E-state index contributed by atoms with van der Waals surface area (Å²) in [6.45, 7) is 2.11. The molecule has 0 N–H and O–H groups in total. The summed E-state index contributed by atoms with van der Waals surface area (Å²) < 4.78 is 0. The van der Waals surface area contributed by atoms with Crippen LogP contribution >= 0.6 is 11.6 Å². The number of hydrogen-bond acceptors (Lipinski definition) is 0. The van der Waals surface area contributed by atoms with Crippen LogP contribution in [0, 0.1) is 23.7 Å². The second kappa shape index (κ2) is 8.93. The molecule has 1 aliphatic carbocycles. The second-order valence-corrected chi connectivity index (χ2v) is 7.31. The Labute approximate surface area is 156 Å². The quantitative estimate of drug-likeness (QED) is 0.408. The van der Waals surface area contributed by atoms with Gasteiger partial charge < -0.3 is 0 Å². The molecule has 1 fully saturated rings. The standard InChI is InChI=1S/C24H25Cl/c1-2-3-4-19-5-7-20(8-6-19)9-10-21-11-13-22(14-12-21)23-15-17-24(25)18-16-23/h2-3,11-20H,4-8H2,1H3/b3-2+. The monoisotopic (exact) mass is 348 g/mol. The Bertz CT molecular complexity index is 748. The summed E-state index contributed by atoms with van der Waals surface area (Å²) in [5.74, 6) is 8.31. The van der Waals surface area contributed by atoms with Crippen molar-refractivity contribution in [1.82, 2.24) is 0 Å². The largest absolute Gasteiger partial charge is 0.0945 e. The van der Waals surface area contributed by atoms with Crippen LogP contribution in [0.3, 0.4) is 0 Å². The van der Waals surface area contributed by atoms with Gasteiger partial charge in [-0.25, -0.2) is 0 Å². The number of rotatable bonds is 3. The van der Waals surface area contributed by atoms with E-state index in [0.717, 1.165) is 16.5 Å². The predicted octanol–water partition coefficient (Wildman–Crippen LogP) is 7.13. The van der Waals surface area contributed by atoms with E-state index in [1.807, 2.05) is 12.1 Å². The van der Waals surface area contributed by atoms with E-state index in [9.17, 15) is 0 Å². The van der Waals surface area contributed by atoms with Gasteiger partial charge >= 0.3 is 0 Å². The molecular weight excluding hydrogens is 324 g/mol. The molecule has 0 atom stereocenters. The van der Waals surface area contributed by atoms with Crippen molar-refractivity contribution in [3.63, 3.8) is 0 Å². The third-order valence-electron chi connectivity index (χ3n) is 5.03. The van der Waals surface area contributed by atoms with Crippen molar-refractivity contribution in [3.05, 3.63) is 71.3 Å². The summed E-state index contributed by atoms with van der Waals surface area (Å²) in [5.41, 5.74) is 3.49. The lowest BCUT2D eigenvalue weighted by Crippen LogP contribution is -2.12. The van der Waals surface area contributed by atoms with Crippen LogP contribution in [0.15, 0.2) is 60.7 Å². The summed E-state index contributed by atoms with van der Waals surface area (Å²) in [6, 6.07) is 16.5. The van der Waals surface area contributed by atoms with E-state index in [4.69, 9.17) is 11.6 Å². The molecule has 0 aliphatic heterocycles. The number of hydrogen-bond donors (Lipinski definition) is 0. The lowest BCUT2D eigenvalue weighted by Gasteiger charge is -2.24. The molecule has 25 heavy (non-hydrogen) atoms. The van der Waals surface area contributed by atoms with Gasteiger partial charge in [-0.3, -0.25) is 0 Å². The molecular formula is C24H25Cl. The maximum atomic E-state index is 5.95. The average Bonchev–Trinajstić information content (AvgIpc) is 2.67. The molecule has 1 aliphatic rings. The molecule has 0 unspecified atom stereocenters. The Hall–Kier alpha value is -1.97. The maximum Gasteiger partial charge on any atom is 0.0406 e. The molecule has 0 spiro atoms. The van der Waals surface area contributed by atoms with Crippen molar-refractivity contribution < 1.29 is 0 Å². The summed E-state index contributed by atoms with van der Waals surface area (Å²) in [5, 5.41) is 0.770. The molecule has 0 saturated heterocycles. The molecule has 0 radical (unpaired) electrons. The Kier molecular flexibility index (Phi) is 6.37. The zero-order valence-corrected chi connectivity index (χ0v) is 15.6. The van der Waals surface area contributed by atoms with E-state index in [1.165, 1.54) is 43.2 Å². The molecule has 3 rings (SSSR count). The number of halogens is 1. The van der Waals surface area contributed by atoms with Gasteiger partial charge in [0.2, 0.25) is 0 Å². The minimum atomic E-state index is 0.567. The fourth-order valence-electron chi connectivity index (χ4n) is 3.44. The molecule has 1 heteroatoms. The Morgan fingerprint density at radius 2 is 1.52 bits per heavy atom. The van der Waals surface area contributed by atoms with Gasteiger partial charge in [-0.2, -0.15) is 0 Å². The van der Waals surface area contributed by atoms with Crippen LogP contribution in [0.1, 0.15) is 44.6 Å². The fourth-order valence-corrected chi connectivity index (χ4v) is 3.57. The first-order valence-electron chi connectivity index (χ1n) is 9.23. The van der Waals surface area contributed by atoms with Crippen molar-refractivity contribution in [2.24, 2.45) is 11.8 Å².